The number of nitrogens with zero attached hydrogens (tertiary/aromatic N) is 3. The van der Waals surface area contributed by atoms with Crippen molar-refractivity contribution in [1.29, 1.82) is 0 Å². The van der Waals surface area contributed by atoms with E-state index < -0.39 is 29.4 Å². The summed E-state index contributed by atoms with van der Waals surface area (Å²) in [5, 5.41) is 12.0. The van der Waals surface area contributed by atoms with E-state index in [0.29, 0.717) is 25.2 Å². The largest absolute Gasteiger partial charge is 0.488 e. The van der Waals surface area contributed by atoms with Gasteiger partial charge in [-0.05, 0) is 39.0 Å². The first-order valence-corrected chi connectivity index (χ1v) is 13.1. The monoisotopic (exact) mass is 566 g/mol. The molecule has 0 radical (unpaired) electrons. The number of rotatable bonds is 2. The van der Waals surface area contributed by atoms with E-state index in [4.69, 9.17) is 21.1 Å². The van der Waals surface area contributed by atoms with Gasteiger partial charge in [-0.1, -0.05) is 22.9 Å². The van der Waals surface area contributed by atoms with Crippen LogP contribution in [0.2, 0.25) is 5.02 Å². The standard InChI is InChI=1S/C25H25ClF2N4O5S/c1-25(2,3)37-23(33)30-22-29-19-14(4-5-16(27)21(19)38-22)17-15(26)8-12-9-31-6-7-32(24(34)35)10-13(31)11-36-20(12)18(17)28/h4-5,8,13H,6-7,9-11H2,1-3H3,(H,34,35)(H,29,30,33)/t13-/m1/s1. The third kappa shape index (κ3) is 5.07. The van der Waals surface area contributed by atoms with Gasteiger partial charge in [0.25, 0.3) is 0 Å². The first kappa shape index (κ1) is 26.4. The zero-order valence-corrected chi connectivity index (χ0v) is 22.4. The molecule has 2 aliphatic rings. The summed E-state index contributed by atoms with van der Waals surface area (Å²) in [5.41, 5.74) is 0.158. The maximum absolute atomic E-state index is 16.1. The molecule has 9 nitrogen and oxygen atoms in total. The number of carboxylic acid groups (broad SMARTS) is 1. The Bertz CT molecular complexity index is 1440. The van der Waals surface area contributed by atoms with Crippen molar-refractivity contribution in [3.8, 4) is 16.9 Å². The molecule has 0 aliphatic carbocycles. The van der Waals surface area contributed by atoms with Gasteiger partial charge in [0.2, 0.25) is 0 Å². The highest BCUT2D eigenvalue weighted by Crippen LogP contribution is 2.44. The van der Waals surface area contributed by atoms with Crippen molar-refractivity contribution in [2.45, 2.75) is 39.0 Å². The lowest BCUT2D eigenvalue weighted by Gasteiger charge is -2.38. The molecular weight excluding hydrogens is 542 g/mol. The molecular formula is C25H25ClF2N4O5S. The van der Waals surface area contributed by atoms with Crippen LogP contribution in [0.15, 0.2) is 18.2 Å². The molecule has 3 aromatic rings. The second-order valence-electron chi connectivity index (χ2n) is 10.1. The van der Waals surface area contributed by atoms with Crippen LogP contribution in [-0.2, 0) is 11.3 Å². The normalized spacial score (nSPS) is 17.8. The number of carbonyl (C=O) groups is 2. The van der Waals surface area contributed by atoms with E-state index >= 15 is 4.39 Å². The average Bonchev–Trinajstić information content (AvgIpc) is 3.14. The van der Waals surface area contributed by atoms with Crippen LogP contribution in [0.1, 0.15) is 26.3 Å². The fourth-order valence-corrected chi connectivity index (χ4v) is 5.82. The highest BCUT2D eigenvalue weighted by Gasteiger charge is 2.34. The van der Waals surface area contributed by atoms with Gasteiger partial charge < -0.3 is 19.5 Å². The summed E-state index contributed by atoms with van der Waals surface area (Å²) >= 11 is 7.48. The zero-order valence-electron chi connectivity index (χ0n) is 20.8. The van der Waals surface area contributed by atoms with Crippen molar-refractivity contribution in [2.24, 2.45) is 0 Å². The highest BCUT2D eigenvalue weighted by molar-refractivity contribution is 7.22. The molecule has 1 fully saturated rings. The lowest BCUT2D eigenvalue weighted by atomic mass is 10.00. The van der Waals surface area contributed by atoms with Crippen LogP contribution in [0.5, 0.6) is 5.75 Å². The number of hydrogen-bond acceptors (Lipinski definition) is 7. The fourth-order valence-electron chi connectivity index (χ4n) is 4.62. The van der Waals surface area contributed by atoms with Gasteiger partial charge in [-0.25, -0.2) is 23.4 Å². The third-order valence-corrected chi connectivity index (χ3v) is 7.57. The van der Waals surface area contributed by atoms with Gasteiger partial charge in [0.1, 0.15) is 18.0 Å². The number of benzene rings is 2. The smallest absolute Gasteiger partial charge is 0.413 e. The van der Waals surface area contributed by atoms with Crippen LogP contribution in [0, 0.1) is 11.6 Å². The summed E-state index contributed by atoms with van der Waals surface area (Å²) in [6.45, 7) is 6.62. The SMILES string of the molecule is CC(C)(C)OC(=O)Nc1nc2c(-c3c(Cl)cc4c(c3F)OC[C@H]3CN(C(=O)O)CCN3C4)ccc(F)c2s1. The van der Waals surface area contributed by atoms with E-state index in [0.717, 1.165) is 11.3 Å². The molecule has 2 amide bonds. The maximum Gasteiger partial charge on any atom is 0.413 e. The molecule has 1 aromatic heterocycles. The van der Waals surface area contributed by atoms with Gasteiger partial charge in [0, 0.05) is 42.9 Å². The Morgan fingerprint density at radius 3 is 2.76 bits per heavy atom. The molecule has 1 atom stereocenters. The number of halogens is 3. The Balaban J connectivity index is 1.51. The first-order valence-electron chi connectivity index (χ1n) is 11.9. The Kier molecular flexibility index (Phi) is 6.82. The second-order valence-corrected chi connectivity index (χ2v) is 11.5. The van der Waals surface area contributed by atoms with Crippen LogP contribution in [-0.4, -0.2) is 70.0 Å². The minimum Gasteiger partial charge on any atom is -0.488 e. The summed E-state index contributed by atoms with van der Waals surface area (Å²) in [7, 11) is 0. The minimum atomic E-state index is -1.01. The molecule has 38 heavy (non-hydrogen) atoms. The van der Waals surface area contributed by atoms with Gasteiger partial charge in [-0.3, -0.25) is 10.2 Å². The number of anilines is 1. The van der Waals surface area contributed by atoms with E-state index in [9.17, 15) is 19.1 Å². The Labute approximate surface area is 225 Å². The number of piperazine rings is 1. The summed E-state index contributed by atoms with van der Waals surface area (Å²) < 4.78 is 42.0. The van der Waals surface area contributed by atoms with Crippen LogP contribution >= 0.6 is 22.9 Å². The molecule has 0 bridgehead atoms. The van der Waals surface area contributed by atoms with Gasteiger partial charge in [-0.15, -0.1) is 0 Å². The van der Waals surface area contributed by atoms with E-state index in [1.165, 1.54) is 17.0 Å². The van der Waals surface area contributed by atoms with Gasteiger partial charge in [-0.2, -0.15) is 0 Å². The summed E-state index contributed by atoms with van der Waals surface area (Å²) in [6.07, 6.45) is -1.76. The average molecular weight is 567 g/mol. The van der Waals surface area contributed by atoms with E-state index in [-0.39, 0.29) is 56.4 Å². The van der Waals surface area contributed by atoms with E-state index in [1.807, 2.05) is 4.90 Å². The molecule has 202 valence electrons. The van der Waals surface area contributed by atoms with Crippen LogP contribution in [0.25, 0.3) is 21.3 Å². The molecule has 13 heteroatoms. The lowest BCUT2D eigenvalue weighted by Crippen LogP contribution is -2.55. The van der Waals surface area contributed by atoms with Crippen LogP contribution in [0.3, 0.4) is 0 Å². The number of thiazole rings is 1. The van der Waals surface area contributed by atoms with Crippen molar-refractivity contribution >= 4 is 50.5 Å². The van der Waals surface area contributed by atoms with Gasteiger partial charge in [0.15, 0.2) is 16.7 Å². The van der Waals surface area contributed by atoms with Crippen molar-refractivity contribution in [3.63, 3.8) is 0 Å². The zero-order chi connectivity index (χ0) is 27.4. The molecule has 1 saturated heterocycles. The van der Waals surface area contributed by atoms with Gasteiger partial charge >= 0.3 is 12.2 Å². The number of nitrogens with one attached hydrogen (secondary N) is 1. The second kappa shape index (κ2) is 9.83. The number of aromatic nitrogens is 1. The molecule has 5 rings (SSSR count). The molecule has 0 unspecified atom stereocenters. The fraction of sp³-hybridized carbons (Fsp3) is 0.400. The first-order chi connectivity index (χ1) is 17.9. The van der Waals surface area contributed by atoms with E-state index in [2.05, 4.69) is 10.3 Å². The summed E-state index contributed by atoms with van der Waals surface area (Å²) in [4.78, 5) is 31.3. The van der Waals surface area contributed by atoms with Crippen LogP contribution < -0.4 is 10.1 Å². The summed E-state index contributed by atoms with van der Waals surface area (Å²) in [5.74, 6) is -1.29. The third-order valence-electron chi connectivity index (χ3n) is 6.29. The number of hydrogen-bond donors (Lipinski definition) is 2. The highest BCUT2D eigenvalue weighted by atomic mass is 35.5. The molecule has 2 aromatic carbocycles. The van der Waals surface area contributed by atoms with Crippen molar-refractivity contribution in [3.05, 3.63) is 40.4 Å². The predicted molar refractivity (Wildman–Crippen MR) is 139 cm³/mol. The van der Waals surface area contributed by atoms with E-state index in [1.54, 1.807) is 26.8 Å². The molecule has 2 N–H and O–H groups in total. The van der Waals surface area contributed by atoms with Crippen LogP contribution in [0.4, 0.5) is 23.5 Å². The number of fused-ring (bicyclic) bond motifs is 3. The maximum atomic E-state index is 16.1. The Hall–Kier alpha value is -3.22. The molecule has 0 saturated carbocycles. The Morgan fingerprint density at radius 2 is 2.05 bits per heavy atom. The van der Waals surface area contributed by atoms with Crippen molar-refractivity contribution in [2.75, 3.05) is 31.6 Å². The van der Waals surface area contributed by atoms with Gasteiger partial charge in [0.05, 0.1) is 21.3 Å². The van der Waals surface area contributed by atoms with Crippen molar-refractivity contribution in [1.82, 2.24) is 14.8 Å². The lowest BCUT2D eigenvalue weighted by molar-refractivity contribution is 0.0499. The van der Waals surface area contributed by atoms with Crippen molar-refractivity contribution < 1.29 is 33.0 Å². The number of ether oxygens (including phenoxy) is 2. The topological polar surface area (TPSA) is 104 Å². The predicted octanol–water partition coefficient (Wildman–Crippen LogP) is 5.80. The molecule has 3 heterocycles. The quantitative estimate of drug-likeness (QED) is 0.404. The minimum absolute atomic E-state index is 0.00318. The summed E-state index contributed by atoms with van der Waals surface area (Å²) in [6, 6.07) is 3.95. The number of carbonyl (C=O) groups excluding carboxylic acids is 1. The number of amides is 2. The molecule has 0 spiro atoms. The Morgan fingerprint density at radius 1 is 1.29 bits per heavy atom. The molecule has 2 aliphatic heterocycles.